The normalized spacial score (nSPS) is 11.3. The van der Waals surface area contributed by atoms with E-state index in [2.05, 4.69) is 9.93 Å². The standard InChI is InChI=1S/C17H20N2O5S/c1-4-24-14-7-9-16(10-8-14)25(20,21)19-18-12-13-5-6-15(22-2)11-17(13)23-3/h5-12,19H,4H2,1-3H3/b18-12+. The summed E-state index contributed by atoms with van der Waals surface area (Å²) in [5, 5.41) is 3.80. The van der Waals surface area contributed by atoms with Crippen LogP contribution in [0, 0.1) is 0 Å². The highest BCUT2D eigenvalue weighted by atomic mass is 32.2. The van der Waals surface area contributed by atoms with Crippen LogP contribution in [0.25, 0.3) is 0 Å². The number of hydrogen-bond donors (Lipinski definition) is 1. The van der Waals surface area contributed by atoms with Gasteiger partial charge >= 0.3 is 0 Å². The van der Waals surface area contributed by atoms with Gasteiger partial charge in [-0.25, -0.2) is 4.83 Å². The minimum absolute atomic E-state index is 0.0924. The van der Waals surface area contributed by atoms with Crippen molar-refractivity contribution < 1.29 is 22.6 Å². The molecule has 2 aromatic rings. The van der Waals surface area contributed by atoms with E-state index in [1.54, 1.807) is 37.4 Å². The Morgan fingerprint density at radius 2 is 1.72 bits per heavy atom. The number of nitrogens with one attached hydrogen (secondary N) is 1. The lowest BCUT2D eigenvalue weighted by Crippen LogP contribution is -2.18. The topological polar surface area (TPSA) is 86.2 Å². The Balaban J connectivity index is 2.12. The van der Waals surface area contributed by atoms with Crippen molar-refractivity contribution in [2.75, 3.05) is 20.8 Å². The van der Waals surface area contributed by atoms with Crippen molar-refractivity contribution in [3.63, 3.8) is 0 Å². The van der Waals surface area contributed by atoms with Gasteiger partial charge in [0, 0.05) is 11.6 Å². The SMILES string of the molecule is CCOc1ccc(S(=O)(=O)N/N=C/c2ccc(OC)cc2OC)cc1. The van der Waals surface area contributed by atoms with Crippen LogP contribution in [0.1, 0.15) is 12.5 Å². The van der Waals surface area contributed by atoms with Crippen molar-refractivity contribution >= 4 is 16.2 Å². The molecule has 0 atom stereocenters. The molecule has 0 unspecified atom stereocenters. The number of benzene rings is 2. The second-order valence-electron chi connectivity index (χ2n) is 4.87. The summed E-state index contributed by atoms with van der Waals surface area (Å²) in [5.41, 5.74) is 0.609. The molecular formula is C17H20N2O5S. The fraction of sp³-hybridized carbons (Fsp3) is 0.235. The van der Waals surface area contributed by atoms with Gasteiger partial charge in [0.2, 0.25) is 0 Å². The zero-order valence-corrected chi connectivity index (χ0v) is 15.0. The fourth-order valence-corrected chi connectivity index (χ4v) is 2.82. The first-order chi connectivity index (χ1) is 12.0. The molecule has 0 saturated carbocycles. The van der Waals surface area contributed by atoms with Crippen LogP contribution in [0.3, 0.4) is 0 Å². The first-order valence-corrected chi connectivity index (χ1v) is 8.98. The molecule has 0 radical (unpaired) electrons. The van der Waals surface area contributed by atoms with Crippen LogP contribution < -0.4 is 19.0 Å². The van der Waals surface area contributed by atoms with Gasteiger partial charge in [-0.05, 0) is 43.3 Å². The minimum Gasteiger partial charge on any atom is -0.497 e. The van der Waals surface area contributed by atoms with Crippen molar-refractivity contribution in [1.29, 1.82) is 0 Å². The van der Waals surface area contributed by atoms with E-state index in [1.807, 2.05) is 6.92 Å². The Morgan fingerprint density at radius 1 is 1.04 bits per heavy atom. The molecule has 0 aliphatic rings. The molecular weight excluding hydrogens is 344 g/mol. The van der Waals surface area contributed by atoms with E-state index in [-0.39, 0.29) is 4.90 Å². The number of sulfonamides is 1. The van der Waals surface area contributed by atoms with Crippen LogP contribution in [-0.2, 0) is 10.0 Å². The Labute approximate surface area is 147 Å². The third kappa shape index (κ3) is 4.87. The Bertz CT molecular complexity index is 833. The van der Waals surface area contributed by atoms with Gasteiger partial charge in [-0.2, -0.15) is 13.5 Å². The highest BCUT2D eigenvalue weighted by molar-refractivity contribution is 7.89. The fourth-order valence-electron chi connectivity index (χ4n) is 2.02. The maximum absolute atomic E-state index is 12.2. The molecule has 2 rings (SSSR count). The van der Waals surface area contributed by atoms with Crippen LogP contribution in [0.5, 0.6) is 17.2 Å². The van der Waals surface area contributed by atoms with Crippen LogP contribution in [-0.4, -0.2) is 35.5 Å². The predicted octanol–water partition coefficient (Wildman–Crippen LogP) is 2.41. The quantitative estimate of drug-likeness (QED) is 0.574. The number of hydrogen-bond acceptors (Lipinski definition) is 6. The highest BCUT2D eigenvalue weighted by Crippen LogP contribution is 2.23. The van der Waals surface area contributed by atoms with Crippen LogP contribution >= 0.6 is 0 Å². The van der Waals surface area contributed by atoms with Gasteiger partial charge in [-0.3, -0.25) is 0 Å². The van der Waals surface area contributed by atoms with Gasteiger partial charge < -0.3 is 14.2 Å². The van der Waals surface area contributed by atoms with Gasteiger partial charge in [0.1, 0.15) is 17.2 Å². The van der Waals surface area contributed by atoms with E-state index in [1.165, 1.54) is 25.5 Å². The first-order valence-electron chi connectivity index (χ1n) is 7.50. The average Bonchev–Trinajstić information content (AvgIpc) is 2.62. The van der Waals surface area contributed by atoms with Crippen molar-refractivity contribution in [1.82, 2.24) is 4.83 Å². The number of nitrogens with zero attached hydrogens (tertiary/aromatic N) is 1. The van der Waals surface area contributed by atoms with Crippen molar-refractivity contribution in [2.45, 2.75) is 11.8 Å². The third-order valence-electron chi connectivity index (χ3n) is 3.26. The lowest BCUT2D eigenvalue weighted by Gasteiger charge is -2.08. The van der Waals surface area contributed by atoms with Crippen molar-refractivity contribution in [3.8, 4) is 17.2 Å². The van der Waals surface area contributed by atoms with Crippen LogP contribution in [0.4, 0.5) is 0 Å². The molecule has 0 aliphatic heterocycles. The maximum atomic E-state index is 12.2. The second kappa shape index (κ2) is 8.39. The van der Waals surface area contributed by atoms with E-state index in [4.69, 9.17) is 14.2 Å². The molecule has 1 N–H and O–H groups in total. The molecule has 0 spiro atoms. The molecule has 0 amide bonds. The van der Waals surface area contributed by atoms with Crippen LogP contribution in [0.15, 0.2) is 52.5 Å². The largest absolute Gasteiger partial charge is 0.497 e. The van der Waals surface area contributed by atoms with E-state index >= 15 is 0 Å². The monoisotopic (exact) mass is 364 g/mol. The molecule has 8 heteroatoms. The maximum Gasteiger partial charge on any atom is 0.276 e. The third-order valence-corrected chi connectivity index (χ3v) is 4.50. The summed E-state index contributed by atoms with van der Waals surface area (Å²) in [7, 11) is -0.704. The van der Waals surface area contributed by atoms with Crippen molar-refractivity contribution in [2.24, 2.45) is 5.10 Å². The summed E-state index contributed by atoms with van der Waals surface area (Å²) in [6, 6.07) is 11.2. The average molecular weight is 364 g/mol. The van der Waals surface area contributed by atoms with Crippen LogP contribution in [0.2, 0.25) is 0 Å². The molecule has 134 valence electrons. The molecule has 7 nitrogen and oxygen atoms in total. The molecule has 0 heterocycles. The Morgan fingerprint density at radius 3 is 2.32 bits per heavy atom. The summed E-state index contributed by atoms with van der Waals surface area (Å²) >= 11 is 0. The number of rotatable bonds is 8. The van der Waals surface area contributed by atoms with Gasteiger partial charge in [-0.15, -0.1) is 0 Å². The molecule has 25 heavy (non-hydrogen) atoms. The highest BCUT2D eigenvalue weighted by Gasteiger charge is 2.12. The number of hydrazone groups is 1. The number of methoxy groups -OCH3 is 2. The first kappa shape index (κ1) is 18.6. The smallest absolute Gasteiger partial charge is 0.276 e. The van der Waals surface area contributed by atoms with Gasteiger partial charge in [0.25, 0.3) is 10.0 Å². The summed E-state index contributed by atoms with van der Waals surface area (Å²) in [6.07, 6.45) is 1.37. The summed E-state index contributed by atoms with van der Waals surface area (Å²) in [4.78, 5) is 2.26. The van der Waals surface area contributed by atoms with E-state index in [9.17, 15) is 8.42 Å². The van der Waals surface area contributed by atoms with Gasteiger partial charge in [0.05, 0.1) is 31.9 Å². The summed E-state index contributed by atoms with van der Waals surface area (Å²) in [5.74, 6) is 1.75. The lowest BCUT2D eigenvalue weighted by atomic mass is 10.2. The second-order valence-corrected chi connectivity index (χ2v) is 6.53. The van der Waals surface area contributed by atoms with E-state index in [0.717, 1.165) is 0 Å². The summed E-state index contributed by atoms with van der Waals surface area (Å²) < 4.78 is 40.1. The van der Waals surface area contributed by atoms with Gasteiger partial charge in [-0.1, -0.05) is 0 Å². The molecule has 0 saturated heterocycles. The predicted molar refractivity (Wildman–Crippen MR) is 95.1 cm³/mol. The van der Waals surface area contributed by atoms with Gasteiger partial charge in [0.15, 0.2) is 0 Å². The zero-order valence-electron chi connectivity index (χ0n) is 14.2. The Kier molecular flexibility index (Phi) is 6.24. The lowest BCUT2D eigenvalue weighted by molar-refractivity contribution is 0.340. The van der Waals surface area contributed by atoms with E-state index in [0.29, 0.717) is 29.4 Å². The minimum atomic E-state index is -3.76. The molecule has 2 aromatic carbocycles. The number of ether oxygens (including phenoxy) is 3. The van der Waals surface area contributed by atoms with E-state index < -0.39 is 10.0 Å². The molecule has 0 aliphatic carbocycles. The zero-order chi connectivity index (χ0) is 18.3. The molecule has 0 bridgehead atoms. The molecule has 0 aromatic heterocycles. The Hall–Kier alpha value is -2.74. The molecule has 0 fully saturated rings. The summed E-state index contributed by atoms with van der Waals surface area (Å²) in [6.45, 7) is 2.37. The van der Waals surface area contributed by atoms with Crippen molar-refractivity contribution in [3.05, 3.63) is 48.0 Å².